The van der Waals surface area contributed by atoms with Crippen molar-refractivity contribution in [3.05, 3.63) is 58.0 Å². The Hall–Kier alpha value is -1.94. The summed E-state index contributed by atoms with van der Waals surface area (Å²) in [5.74, 6) is 0.645. The number of anilines is 1. The molecule has 2 rings (SSSR count). The van der Waals surface area contributed by atoms with Gasteiger partial charge in [0.05, 0.1) is 12.1 Å². The van der Waals surface area contributed by atoms with Gasteiger partial charge in [-0.2, -0.15) is 0 Å². The van der Waals surface area contributed by atoms with E-state index in [2.05, 4.69) is 5.32 Å². The highest BCUT2D eigenvalue weighted by Gasteiger charge is 2.01. The second-order valence-electron chi connectivity index (χ2n) is 4.01. The zero-order valence-corrected chi connectivity index (χ0v) is 11.4. The van der Waals surface area contributed by atoms with Crippen LogP contribution in [0.4, 0.5) is 5.69 Å². The largest absolute Gasteiger partial charge is 0.495 e. The fourth-order valence-corrected chi connectivity index (χ4v) is 2.00. The summed E-state index contributed by atoms with van der Waals surface area (Å²) in [7, 11) is 1.58. The lowest BCUT2D eigenvalue weighted by Gasteiger charge is -2.10. The molecule has 0 radical (unpaired) electrons. The molecular formula is C14H15ClN2O2. The number of aromatic nitrogens is 1. The maximum absolute atomic E-state index is 11.5. The van der Waals surface area contributed by atoms with E-state index in [9.17, 15) is 4.79 Å². The van der Waals surface area contributed by atoms with Crippen LogP contribution in [0.15, 0.2) is 47.4 Å². The van der Waals surface area contributed by atoms with Crippen LogP contribution in [0.5, 0.6) is 5.75 Å². The van der Waals surface area contributed by atoms with Crippen LogP contribution in [0, 0.1) is 0 Å². The van der Waals surface area contributed by atoms with Crippen molar-refractivity contribution in [1.29, 1.82) is 0 Å². The topological polar surface area (TPSA) is 43.3 Å². The molecule has 0 bridgehead atoms. The highest BCUT2D eigenvalue weighted by atomic mass is 35.5. The standard InChI is InChI=1S/C14H15ClN2O2/c1-19-13-6-5-11(10-12(13)15)16-7-9-17-8-3-2-4-14(17)18/h2-6,8,10,16H,7,9H2,1H3. The summed E-state index contributed by atoms with van der Waals surface area (Å²) in [5.41, 5.74) is 0.895. The molecule has 0 amide bonds. The third kappa shape index (κ3) is 3.51. The molecule has 1 N–H and O–H groups in total. The predicted octanol–water partition coefficient (Wildman–Crippen LogP) is 2.62. The number of halogens is 1. The Morgan fingerprint density at radius 3 is 2.84 bits per heavy atom. The minimum atomic E-state index is -0.00272. The average molecular weight is 279 g/mol. The molecule has 0 aliphatic heterocycles. The van der Waals surface area contributed by atoms with Crippen molar-refractivity contribution in [1.82, 2.24) is 4.57 Å². The Bertz CT molecular complexity index is 610. The van der Waals surface area contributed by atoms with E-state index in [0.717, 1.165) is 5.69 Å². The molecule has 1 aromatic carbocycles. The highest BCUT2D eigenvalue weighted by Crippen LogP contribution is 2.26. The Balaban J connectivity index is 1.95. The van der Waals surface area contributed by atoms with E-state index in [4.69, 9.17) is 16.3 Å². The van der Waals surface area contributed by atoms with Crippen LogP contribution in [0.2, 0.25) is 5.02 Å². The summed E-state index contributed by atoms with van der Waals surface area (Å²) >= 11 is 6.03. The van der Waals surface area contributed by atoms with Gasteiger partial charge in [-0.15, -0.1) is 0 Å². The number of nitrogens with zero attached hydrogens (tertiary/aromatic N) is 1. The Kier molecular flexibility index (Phi) is 4.47. The van der Waals surface area contributed by atoms with E-state index < -0.39 is 0 Å². The lowest BCUT2D eigenvalue weighted by Crippen LogP contribution is -2.21. The molecular weight excluding hydrogens is 264 g/mol. The minimum absolute atomic E-state index is 0.00272. The normalized spacial score (nSPS) is 10.2. The molecule has 4 nitrogen and oxygen atoms in total. The number of ether oxygens (including phenoxy) is 1. The first-order valence-corrected chi connectivity index (χ1v) is 6.31. The van der Waals surface area contributed by atoms with Gasteiger partial charge in [0.1, 0.15) is 5.75 Å². The van der Waals surface area contributed by atoms with Crippen LogP contribution in [0.3, 0.4) is 0 Å². The molecule has 19 heavy (non-hydrogen) atoms. The lowest BCUT2D eigenvalue weighted by molar-refractivity contribution is 0.415. The number of hydrogen-bond acceptors (Lipinski definition) is 3. The third-order valence-electron chi connectivity index (χ3n) is 2.73. The molecule has 100 valence electrons. The van der Waals surface area contributed by atoms with Crippen LogP contribution in [0.1, 0.15) is 0 Å². The molecule has 0 saturated carbocycles. The number of methoxy groups -OCH3 is 1. The van der Waals surface area contributed by atoms with Gasteiger partial charge in [0.15, 0.2) is 0 Å². The SMILES string of the molecule is COc1ccc(NCCn2ccccc2=O)cc1Cl. The monoisotopic (exact) mass is 278 g/mol. The summed E-state index contributed by atoms with van der Waals surface area (Å²) in [6.45, 7) is 1.25. The summed E-state index contributed by atoms with van der Waals surface area (Å²) < 4.78 is 6.74. The fraction of sp³-hybridized carbons (Fsp3) is 0.214. The summed E-state index contributed by atoms with van der Waals surface area (Å²) in [6.07, 6.45) is 1.77. The third-order valence-corrected chi connectivity index (χ3v) is 3.03. The van der Waals surface area contributed by atoms with Crippen molar-refractivity contribution in [3.8, 4) is 5.75 Å². The molecule has 0 saturated heterocycles. The number of nitrogens with one attached hydrogen (secondary N) is 1. The zero-order valence-electron chi connectivity index (χ0n) is 10.6. The number of hydrogen-bond donors (Lipinski definition) is 1. The fourth-order valence-electron chi connectivity index (χ4n) is 1.74. The van der Waals surface area contributed by atoms with Crippen LogP contribution in [0.25, 0.3) is 0 Å². The van der Waals surface area contributed by atoms with Gasteiger partial charge in [0, 0.05) is 31.0 Å². The second-order valence-corrected chi connectivity index (χ2v) is 4.42. The molecule has 0 aliphatic carbocycles. The van der Waals surface area contributed by atoms with E-state index >= 15 is 0 Å². The maximum Gasteiger partial charge on any atom is 0.250 e. The molecule has 0 fully saturated rings. The van der Waals surface area contributed by atoms with Gasteiger partial charge in [-0.1, -0.05) is 17.7 Å². The van der Waals surface area contributed by atoms with Crippen LogP contribution in [-0.2, 0) is 6.54 Å². The van der Waals surface area contributed by atoms with Crippen molar-refractivity contribution < 1.29 is 4.74 Å². The van der Waals surface area contributed by atoms with Crippen molar-refractivity contribution in [3.63, 3.8) is 0 Å². The first kappa shape index (κ1) is 13.5. The molecule has 0 atom stereocenters. The summed E-state index contributed by atoms with van der Waals surface area (Å²) in [5, 5.41) is 3.77. The summed E-state index contributed by atoms with van der Waals surface area (Å²) in [4.78, 5) is 11.5. The first-order valence-electron chi connectivity index (χ1n) is 5.93. The number of rotatable bonds is 5. The molecule has 0 spiro atoms. The molecule has 0 unspecified atom stereocenters. The Morgan fingerprint density at radius 2 is 2.16 bits per heavy atom. The van der Waals surface area contributed by atoms with Gasteiger partial charge in [-0.05, 0) is 24.3 Å². The van der Waals surface area contributed by atoms with Crippen LogP contribution in [-0.4, -0.2) is 18.2 Å². The lowest BCUT2D eigenvalue weighted by atomic mass is 10.3. The number of benzene rings is 1. The van der Waals surface area contributed by atoms with E-state index in [0.29, 0.717) is 23.9 Å². The molecule has 1 aromatic heterocycles. The van der Waals surface area contributed by atoms with E-state index in [-0.39, 0.29) is 5.56 Å². The van der Waals surface area contributed by atoms with E-state index in [1.165, 1.54) is 0 Å². The van der Waals surface area contributed by atoms with E-state index in [1.54, 1.807) is 42.1 Å². The molecule has 1 heterocycles. The van der Waals surface area contributed by atoms with Crippen molar-refractivity contribution in [2.75, 3.05) is 19.0 Å². The number of pyridine rings is 1. The minimum Gasteiger partial charge on any atom is -0.495 e. The maximum atomic E-state index is 11.5. The second kappa shape index (κ2) is 6.29. The smallest absolute Gasteiger partial charge is 0.250 e. The Labute approximate surface area is 116 Å². The van der Waals surface area contributed by atoms with Crippen LogP contribution >= 0.6 is 11.6 Å². The highest BCUT2D eigenvalue weighted by molar-refractivity contribution is 6.32. The van der Waals surface area contributed by atoms with Crippen molar-refractivity contribution in [2.45, 2.75) is 6.54 Å². The van der Waals surface area contributed by atoms with Crippen molar-refractivity contribution >= 4 is 17.3 Å². The van der Waals surface area contributed by atoms with Crippen LogP contribution < -0.4 is 15.6 Å². The average Bonchev–Trinajstić information content (AvgIpc) is 2.41. The molecule has 2 aromatic rings. The first-order chi connectivity index (χ1) is 9.20. The quantitative estimate of drug-likeness (QED) is 0.914. The molecule has 5 heteroatoms. The molecule has 0 aliphatic rings. The summed E-state index contributed by atoms with van der Waals surface area (Å²) in [6, 6.07) is 10.6. The van der Waals surface area contributed by atoms with Gasteiger partial charge in [0.2, 0.25) is 0 Å². The van der Waals surface area contributed by atoms with Gasteiger partial charge in [0.25, 0.3) is 5.56 Å². The van der Waals surface area contributed by atoms with Gasteiger partial charge in [-0.3, -0.25) is 4.79 Å². The predicted molar refractivity (Wildman–Crippen MR) is 77.2 cm³/mol. The van der Waals surface area contributed by atoms with Gasteiger partial charge >= 0.3 is 0 Å². The van der Waals surface area contributed by atoms with Gasteiger partial charge in [-0.25, -0.2) is 0 Å². The van der Waals surface area contributed by atoms with Crippen molar-refractivity contribution in [2.24, 2.45) is 0 Å². The van der Waals surface area contributed by atoms with E-state index in [1.807, 2.05) is 12.1 Å². The Morgan fingerprint density at radius 1 is 1.32 bits per heavy atom. The zero-order chi connectivity index (χ0) is 13.7. The van der Waals surface area contributed by atoms with Gasteiger partial charge < -0.3 is 14.6 Å².